The molecule has 1 fully saturated rings. The standard InChI is InChI=1S/C14H18BrClN2O/c1-17-7-5-11(6-8-17)18(2)14(19)12-4-3-10(16)9-13(12)15/h3-4,9,11H,5-8H2,1-2H3. The molecule has 0 radical (unpaired) electrons. The van der Waals surface area contributed by atoms with E-state index in [1.165, 1.54) is 0 Å². The molecule has 0 N–H and O–H groups in total. The van der Waals surface area contributed by atoms with Gasteiger partial charge < -0.3 is 9.80 Å². The SMILES string of the molecule is CN1CCC(N(C)C(=O)c2ccc(Cl)cc2Br)CC1. The first kappa shape index (κ1) is 14.8. The maximum atomic E-state index is 12.5. The second-order valence-electron chi connectivity index (χ2n) is 5.07. The van der Waals surface area contributed by atoms with Gasteiger partial charge in [-0.3, -0.25) is 4.79 Å². The summed E-state index contributed by atoms with van der Waals surface area (Å²) in [6, 6.07) is 5.62. The lowest BCUT2D eigenvalue weighted by atomic mass is 10.0. The van der Waals surface area contributed by atoms with E-state index >= 15 is 0 Å². The molecule has 0 spiro atoms. The molecule has 2 rings (SSSR count). The lowest BCUT2D eigenvalue weighted by Gasteiger charge is -2.35. The Morgan fingerprint density at radius 2 is 2.05 bits per heavy atom. The van der Waals surface area contributed by atoms with Crippen LogP contribution in [0.4, 0.5) is 0 Å². The van der Waals surface area contributed by atoms with Crippen LogP contribution in [0.5, 0.6) is 0 Å². The minimum Gasteiger partial charge on any atom is -0.339 e. The summed E-state index contributed by atoms with van der Waals surface area (Å²) < 4.78 is 0.754. The van der Waals surface area contributed by atoms with Gasteiger partial charge in [-0.25, -0.2) is 0 Å². The first-order valence-electron chi connectivity index (χ1n) is 6.40. The summed E-state index contributed by atoms with van der Waals surface area (Å²) >= 11 is 9.31. The van der Waals surface area contributed by atoms with Crippen LogP contribution >= 0.6 is 27.5 Å². The van der Waals surface area contributed by atoms with E-state index in [4.69, 9.17) is 11.6 Å². The first-order chi connectivity index (χ1) is 8.99. The van der Waals surface area contributed by atoms with Gasteiger partial charge in [0.2, 0.25) is 0 Å². The number of rotatable bonds is 2. The van der Waals surface area contributed by atoms with Crippen LogP contribution in [0.1, 0.15) is 23.2 Å². The number of piperidine rings is 1. The Hall–Kier alpha value is -0.580. The number of hydrogen-bond donors (Lipinski definition) is 0. The van der Waals surface area contributed by atoms with Crippen molar-refractivity contribution in [3.05, 3.63) is 33.3 Å². The number of nitrogens with zero attached hydrogens (tertiary/aromatic N) is 2. The number of benzene rings is 1. The number of likely N-dealkylation sites (tertiary alicyclic amines) is 1. The largest absolute Gasteiger partial charge is 0.339 e. The topological polar surface area (TPSA) is 23.6 Å². The Morgan fingerprint density at radius 1 is 1.42 bits per heavy atom. The summed E-state index contributed by atoms with van der Waals surface area (Å²) in [6.07, 6.45) is 2.06. The molecule has 1 heterocycles. The van der Waals surface area contributed by atoms with Crippen molar-refractivity contribution in [1.29, 1.82) is 0 Å². The van der Waals surface area contributed by atoms with Gasteiger partial charge in [-0.05, 0) is 67.1 Å². The average molecular weight is 346 g/mol. The number of amides is 1. The summed E-state index contributed by atoms with van der Waals surface area (Å²) in [6.45, 7) is 2.09. The van der Waals surface area contributed by atoms with E-state index < -0.39 is 0 Å². The highest BCUT2D eigenvalue weighted by atomic mass is 79.9. The number of carbonyl (C=O) groups excluding carboxylic acids is 1. The number of halogens is 2. The maximum Gasteiger partial charge on any atom is 0.254 e. The van der Waals surface area contributed by atoms with E-state index in [1.54, 1.807) is 18.2 Å². The molecule has 3 nitrogen and oxygen atoms in total. The molecular weight excluding hydrogens is 328 g/mol. The van der Waals surface area contributed by atoms with Crippen molar-refractivity contribution in [3.63, 3.8) is 0 Å². The Labute approximate surface area is 127 Å². The zero-order chi connectivity index (χ0) is 14.0. The minimum atomic E-state index is 0.0538. The van der Waals surface area contributed by atoms with Crippen molar-refractivity contribution in [2.45, 2.75) is 18.9 Å². The van der Waals surface area contributed by atoms with Gasteiger partial charge in [0.1, 0.15) is 0 Å². The third-order valence-electron chi connectivity index (χ3n) is 3.72. The van der Waals surface area contributed by atoms with Crippen LogP contribution in [0.3, 0.4) is 0 Å². The van der Waals surface area contributed by atoms with E-state index in [9.17, 15) is 4.79 Å². The van der Waals surface area contributed by atoms with Gasteiger partial charge in [0.25, 0.3) is 5.91 Å². The number of hydrogen-bond acceptors (Lipinski definition) is 2. The second-order valence-corrected chi connectivity index (χ2v) is 6.37. The highest BCUT2D eigenvalue weighted by Crippen LogP contribution is 2.24. The molecule has 1 amide bonds. The molecule has 0 bridgehead atoms. The molecule has 19 heavy (non-hydrogen) atoms. The van der Waals surface area contributed by atoms with E-state index in [2.05, 4.69) is 27.9 Å². The molecule has 0 atom stereocenters. The van der Waals surface area contributed by atoms with E-state index in [0.29, 0.717) is 16.6 Å². The molecule has 1 aromatic rings. The summed E-state index contributed by atoms with van der Waals surface area (Å²) in [5.41, 5.74) is 0.672. The normalized spacial score (nSPS) is 17.5. The molecule has 104 valence electrons. The van der Waals surface area contributed by atoms with Crippen molar-refractivity contribution in [2.24, 2.45) is 0 Å². The number of carbonyl (C=O) groups is 1. The molecule has 0 unspecified atom stereocenters. The third-order valence-corrected chi connectivity index (χ3v) is 4.61. The van der Waals surface area contributed by atoms with Crippen LogP contribution in [0, 0.1) is 0 Å². The van der Waals surface area contributed by atoms with Crippen molar-refractivity contribution in [2.75, 3.05) is 27.2 Å². The summed E-state index contributed by atoms with van der Waals surface area (Å²) in [5.74, 6) is 0.0538. The lowest BCUT2D eigenvalue weighted by molar-refractivity contribution is 0.0658. The zero-order valence-corrected chi connectivity index (χ0v) is 13.5. The average Bonchev–Trinajstić information content (AvgIpc) is 2.38. The van der Waals surface area contributed by atoms with Crippen molar-refractivity contribution >= 4 is 33.4 Å². The summed E-state index contributed by atoms with van der Waals surface area (Å²) in [4.78, 5) is 16.7. The Kier molecular flexibility index (Phi) is 4.87. The smallest absolute Gasteiger partial charge is 0.254 e. The molecule has 0 saturated carbocycles. The van der Waals surface area contributed by atoms with Crippen LogP contribution in [0.2, 0.25) is 5.02 Å². The fourth-order valence-electron chi connectivity index (χ4n) is 2.40. The van der Waals surface area contributed by atoms with Crippen molar-refractivity contribution < 1.29 is 4.79 Å². The fourth-order valence-corrected chi connectivity index (χ4v) is 3.25. The molecule has 0 aromatic heterocycles. The Balaban J connectivity index is 2.10. The molecule has 1 aliphatic heterocycles. The Morgan fingerprint density at radius 3 is 2.63 bits per heavy atom. The van der Waals surface area contributed by atoms with Gasteiger partial charge in [0.05, 0.1) is 5.56 Å². The third kappa shape index (κ3) is 3.50. The molecular formula is C14H18BrClN2O. The van der Waals surface area contributed by atoms with Crippen LogP contribution < -0.4 is 0 Å². The van der Waals surface area contributed by atoms with Gasteiger partial charge in [-0.15, -0.1) is 0 Å². The summed E-state index contributed by atoms with van der Waals surface area (Å²) in [7, 11) is 4.01. The molecule has 0 aliphatic carbocycles. The first-order valence-corrected chi connectivity index (χ1v) is 7.57. The molecule has 5 heteroatoms. The summed E-state index contributed by atoms with van der Waals surface area (Å²) in [5, 5.41) is 0.630. The molecule has 1 aromatic carbocycles. The second kappa shape index (κ2) is 6.25. The predicted octanol–water partition coefficient (Wildman–Crippen LogP) is 3.27. The van der Waals surface area contributed by atoms with E-state index in [-0.39, 0.29) is 5.91 Å². The van der Waals surface area contributed by atoms with Crippen molar-refractivity contribution in [3.8, 4) is 0 Å². The highest BCUT2D eigenvalue weighted by Gasteiger charge is 2.25. The van der Waals surface area contributed by atoms with Crippen LogP contribution in [-0.2, 0) is 0 Å². The lowest BCUT2D eigenvalue weighted by Crippen LogP contribution is -2.44. The Bertz CT molecular complexity index is 473. The quantitative estimate of drug-likeness (QED) is 0.821. The van der Waals surface area contributed by atoms with Crippen molar-refractivity contribution in [1.82, 2.24) is 9.80 Å². The zero-order valence-electron chi connectivity index (χ0n) is 11.2. The monoisotopic (exact) mass is 344 g/mol. The highest BCUT2D eigenvalue weighted by molar-refractivity contribution is 9.10. The molecule has 1 saturated heterocycles. The van der Waals surface area contributed by atoms with Crippen LogP contribution in [0.25, 0.3) is 0 Å². The van der Waals surface area contributed by atoms with Crippen LogP contribution in [0.15, 0.2) is 22.7 Å². The van der Waals surface area contributed by atoms with E-state index in [1.807, 2.05) is 11.9 Å². The molecule has 1 aliphatic rings. The maximum absolute atomic E-state index is 12.5. The minimum absolute atomic E-state index is 0.0538. The van der Waals surface area contributed by atoms with Crippen LogP contribution in [-0.4, -0.2) is 48.9 Å². The fraction of sp³-hybridized carbons (Fsp3) is 0.500. The van der Waals surface area contributed by atoms with Gasteiger partial charge >= 0.3 is 0 Å². The van der Waals surface area contributed by atoms with E-state index in [0.717, 1.165) is 30.4 Å². The van der Waals surface area contributed by atoms with Gasteiger partial charge in [-0.2, -0.15) is 0 Å². The van der Waals surface area contributed by atoms with Gasteiger partial charge in [0, 0.05) is 22.6 Å². The van der Waals surface area contributed by atoms with Gasteiger partial charge in [0.15, 0.2) is 0 Å². The van der Waals surface area contributed by atoms with Gasteiger partial charge in [-0.1, -0.05) is 11.6 Å². The predicted molar refractivity (Wildman–Crippen MR) is 81.8 cm³/mol.